The minimum Gasteiger partial charge on any atom is -0.390 e. The van der Waals surface area contributed by atoms with Crippen molar-refractivity contribution in [3.05, 3.63) is 77.4 Å². The third-order valence-electron chi connectivity index (χ3n) is 6.15. The molecule has 1 aliphatic heterocycles. The zero-order valence-corrected chi connectivity index (χ0v) is 15.4. The van der Waals surface area contributed by atoms with E-state index in [0.29, 0.717) is 0 Å². The van der Waals surface area contributed by atoms with Crippen LogP contribution >= 0.6 is 0 Å². The Bertz CT molecular complexity index is 765. The van der Waals surface area contributed by atoms with Crippen LogP contribution in [-0.2, 0) is 5.41 Å². The van der Waals surface area contributed by atoms with Gasteiger partial charge >= 0.3 is 0 Å². The smallest absolute Gasteiger partial charge is 0.0834 e. The molecule has 0 saturated carbocycles. The van der Waals surface area contributed by atoms with Crippen LogP contribution in [0.1, 0.15) is 35.6 Å². The fraction of sp³-hybridized carbons (Fsp3) is 0.391. The van der Waals surface area contributed by atoms with E-state index in [1.807, 2.05) is 6.07 Å². The molecular weight excluding hydrogens is 320 g/mol. The molecular formula is C23H28N2O. The molecule has 1 heterocycles. The molecule has 0 unspecified atom stereocenters. The molecule has 2 N–H and O–H groups in total. The molecule has 1 fully saturated rings. The molecule has 2 aromatic carbocycles. The van der Waals surface area contributed by atoms with Gasteiger partial charge in [-0.1, -0.05) is 66.7 Å². The van der Waals surface area contributed by atoms with E-state index in [2.05, 4.69) is 77.9 Å². The van der Waals surface area contributed by atoms with Gasteiger partial charge in [0.2, 0.25) is 0 Å². The van der Waals surface area contributed by atoms with Gasteiger partial charge in [-0.05, 0) is 49.7 Å². The Morgan fingerprint density at radius 3 is 2.54 bits per heavy atom. The lowest BCUT2D eigenvalue weighted by Gasteiger charge is -2.40. The predicted octanol–water partition coefficient (Wildman–Crippen LogP) is 3.37. The van der Waals surface area contributed by atoms with Crippen LogP contribution in [0.5, 0.6) is 0 Å². The predicted molar refractivity (Wildman–Crippen MR) is 107 cm³/mol. The van der Waals surface area contributed by atoms with Crippen molar-refractivity contribution in [3.8, 4) is 0 Å². The van der Waals surface area contributed by atoms with E-state index in [9.17, 15) is 5.11 Å². The first-order valence-corrected chi connectivity index (χ1v) is 9.62. The van der Waals surface area contributed by atoms with Crippen LogP contribution < -0.4 is 5.32 Å². The molecule has 136 valence electrons. The summed E-state index contributed by atoms with van der Waals surface area (Å²) in [4.78, 5) is 2.29. The van der Waals surface area contributed by atoms with Crippen LogP contribution in [0, 0.1) is 0 Å². The first-order valence-electron chi connectivity index (χ1n) is 9.62. The number of fused-ring (bicyclic) bond motifs is 2. The van der Waals surface area contributed by atoms with E-state index < -0.39 is 0 Å². The highest BCUT2D eigenvalue weighted by atomic mass is 16.3. The van der Waals surface area contributed by atoms with E-state index in [0.717, 1.165) is 32.5 Å². The number of piperidine rings is 1. The largest absolute Gasteiger partial charge is 0.390 e. The fourth-order valence-corrected chi connectivity index (χ4v) is 4.79. The number of aliphatic hydroxyl groups is 1. The Hall–Kier alpha value is -1.94. The highest BCUT2D eigenvalue weighted by Crippen LogP contribution is 2.51. The van der Waals surface area contributed by atoms with Gasteiger partial charge in [0.05, 0.1) is 12.1 Å². The van der Waals surface area contributed by atoms with Crippen LogP contribution in [-0.4, -0.2) is 42.8 Å². The van der Waals surface area contributed by atoms with Crippen LogP contribution in [0.15, 0.2) is 60.7 Å². The van der Waals surface area contributed by atoms with Crippen molar-refractivity contribution >= 4 is 6.08 Å². The van der Waals surface area contributed by atoms with E-state index in [1.54, 1.807) is 0 Å². The Kier molecular flexibility index (Phi) is 4.94. The Morgan fingerprint density at radius 2 is 1.77 bits per heavy atom. The first-order chi connectivity index (χ1) is 12.7. The summed E-state index contributed by atoms with van der Waals surface area (Å²) in [7, 11) is 2.13. The Balaban J connectivity index is 1.57. The lowest BCUT2D eigenvalue weighted by atomic mass is 9.72. The number of aliphatic hydroxyl groups excluding tert-OH is 1. The molecule has 2 aliphatic rings. The van der Waals surface area contributed by atoms with Crippen molar-refractivity contribution < 1.29 is 5.11 Å². The molecule has 0 aromatic heterocycles. The topological polar surface area (TPSA) is 35.5 Å². The van der Waals surface area contributed by atoms with Gasteiger partial charge in [-0.3, -0.25) is 4.90 Å². The van der Waals surface area contributed by atoms with Crippen molar-refractivity contribution in [2.45, 2.75) is 30.4 Å². The molecule has 1 saturated heterocycles. The molecule has 2 atom stereocenters. The average molecular weight is 348 g/mol. The third-order valence-corrected chi connectivity index (χ3v) is 6.15. The normalized spacial score (nSPS) is 24.4. The molecule has 3 nitrogen and oxygen atoms in total. The maximum absolute atomic E-state index is 11.4. The maximum Gasteiger partial charge on any atom is 0.0834 e. The van der Waals surface area contributed by atoms with Gasteiger partial charge in [-0.25, -0.2) is 0 Å². The number of benzene rings is 2. The summed E-state index contributed by atoms with van der Waals surface area (Å²) >= 11 is 0. The minimum atomic E-state index is -0.350. The van der Waals surface area contributed by atoms with E-state index in [1.165, 1.54) is 16.7 Å². The van der Waals surface area contributed by atoms with Crippen molar-refractivity contribution in [1.82, 2.24) is 10.2 Å². The molecule has 2 aromatic rings. The Morgan fingerprint density at radius 1 is 1.08 bits per heavy atom. The van der Waals surface area contributed by atoms with Gasteiger partial charge in [0.25, 0.3) is 0 Å². The zero-order valence-electron chi connectivity index (χ0n) is 15.4. The number of likely N-dealkylation sites (N-methyl/N-ethyl adjacent to an activating group) is 1. The van der Waals surface area contributed by atoms with Crippen LogP contribution in [0.25, 0.3) is 6.08 Å². The molecule has 26 heavy (non-hydrogen) atoms. The molecule has 0 radical (unpaired) electrons. The second-order valence-electron chi connectivity index (χ2n) is 7.64. The van der Waals surface area contributed by atoms with Crippen LogP contribution in [0.2, 0.25) is 0 Å². The number of nitrogens with one attached hydrogen (secondary N) is 1. The van der Waals surface area contributed by atoms with Crippen molar-refractivity contribution in [1.29, 1.82) is 0 Å². The third kappa shape index (κ3) is 3.01. The summed E-state index contributed by atoms with van der Waals surface area (Å²) in [6, 6.07) is 19.1. The van der Waals surface area contributed by atoms with Gasteiger partial charge in [0, 0.05) is 12.0 Å². The molecule has 0 bridgehead atoms. The van der Waals surface area contributed by atoms with E-state index >= 15 is 0 Å². The summed E-state index contributed by atoms with van der Waals surface area (Å²) in [6.07, 6.45) is 6.02. The van der Waals surface area contributed by atoms with Gasteiger partial charge in [0.15, 0.2) is 0 Å². The SMILES string of the molecule is CN(C/C=C/c1ccccc1)[C@@H]1c2ccccc2C2(CCNCC2)[C@H]1O. The average Bonchev–Trinajstić information content (AvgIpc) is 2.92. The van der Waals surface area contributed by atoms with E-state index in [4.69, 9.17) is 0 Å². The minimum absolute atomic E-state index is 0.0599. The summed E-state index contributed by atoms with van der Waals surface area (Å²) in [6.45, 7) is 2.78. The fourth-order valence-electron chi connectivity index (χ4n) is 4.79. The molecule has 0 amide bonds. The number of nitrogens with zero attached hydrogens (tertiary/aromatic N) is 1. The molecule has 3 heteroatoms. The van der Waals surface area contributed by atoms with Crippen molar-refractivity contribution in [2.24, 2.45) is 0 Å². The Labute approximate surface area is 156 Å². The highest BCUT2D eigenvalue weighted by Gasteiger charge is 2.52. The second kappa shape index (κ2) is 7.36. The molecule has 4 rings (SSSR count). The summed E-state index contributed by atoms with van der Waals surface area (Å²) < 4.78 is 0. The summed E-state index contributed by atoms with van der Waals surface area (Å²) in [5.74, 6) is 0. The second-order valence-corrected chi connectivity index (χ2v) is 7.64. The standard InChI is InChI=1S/C23H28N2O/c1-25(17-7-10-18-8-3-2-4-9-18)21-19-11-5-6-12-20(19)23(22(21)26)13-15-24-16-14-23/h2-12,21-22,24,26H,13-17H2,1H3/b10-7+/t21-,22+/m1/s1. The van der Waals surface area contributed by atoms with Gasteiger partial charge < -0.3 is 10.4 Å². The summed E-state index contributed by atoms with van der Waals surface area (Å²) in [5, 5.41) is 14.8. The van der Waals surface area contributed by atoms with Gasteiger partial charge in [-0.15, -0.1) is 0 Å². The maximum atomic E-state index is 11.4. The monoisotopic (exact) mass is 348 g/mol. The molecule has 1 aliphatic carbocycles. The van der Waals surface area contributed by atoms with Gasteiger partial charge in [-0.2, -0.15) is 0 Å². The number of hydrogen-bond donors (Lipinski definition) is 2. The quantitative estimate of drug-likeness (QED) is 0.889. The lowest BCUT2D eigenvalue weighted by molar-refractivity contribution is 0.00996. The summed E-state index contributed by atoms with van der Waals surface area (Å²) in [5.41, 5.74) is 3.78. The highest BCUT2D eigenvalue weighted by molar-refractivity contribution is 5.49. The first kappa shape index (κ1) is 17.5. The van der Waals surface area contributed by atoms with Crippen LogP contribution in [0.4, 0.5) is 0 Å². The number of rotatable bonds is 4. The lowest BCUT2D eigenvalue weighted by Crippen LogP contribution is -2.48. The van der Waals surface area contributed by atoms with Crippen LogP contribution in [0.3, 0.4) is 0 Å². The molecule has 1 spiro atoms. The van der Waals surface area contributed by atoms with Crippen molar-refractivity contribution in [3.63, 3.8) is 0 Å². The van der Waals surface area contributed by atoms with Gasteiger partial charge in [0.1, 0.15) is 0 Å². The van der Waals surface area contributed by atoms with E-state index in [-0.39, 0.29) is 17.6 Å². The number of hydrogen-bond acceptors (Lipinski definition) is 3. The zero-order chi connectivity index (χ0) is 18.0. The van der Waals surface area contributed by atoms with Crippen molar-refractivity contribution in [2.75, 3.05) is 26.7 Å².